The van der Waals surface area contributed by atoms with Crippen molar-refractivity contribution in [2.75, 3.05) is 24.3 Å². The zero-order valence-electron chi connectivity index (χ0n) is 21.5. The van der Waals surface area contributed by atoms with Gasteiger partial charge in [0.25, 0.3) is 0 Å². The Bertz CT molecular complexity index is 1090. The number of nitrogens with zero attached hydrogens (tertiary/aromatic N) is 2. The molecular formula is C29H37N3O3. The minimum Gasteiger partial charge on any atom is -0.467 e. The van der Waals surface area contributed by atoms with Crippen LogP contribution in [0, 0.1) is 5.92 Å². The Hall–Kier alpha value is -3.54. The van der Waals surface area contributed by atoms with Crippen molar-refractivity contribution in [1.82, 2.24) is 4.90 Å². The van der Waals surface area contributed by atoms with Crippen LogP contribution in [0.5, 0.6) is 0 Å². The first kappa shape index (κ1) is 26.1. The van der Waals surface area contributed by atoms with Gasteiger partial charge in [-0.2, -0.15) is 0 Å². The predicted octanol–water partition coefficient (Wildman–Crippen LogP) is 6.05. The molecule has 35 heavy (non-hydrogen) atoms. The zero-order valence-corrected chi connectivity index (χ0v) is 21.5. The molecule has 2 aromatic carbocycles. The molecule has 1 atom stereocenters. The van der Waals surface area contributed by atoms with Crippen LogP contribution in [0.4, 0.5) is 11.4 Å². The maximum absolute atomic E-state index is 13.9. The average Bonchev–Trinajstić information content (AvgIpc) is 3.32. The van der Waals surface area contributed by atoms with Gasteiger partial charge in [-0.1, -0.05) is 51.1 Å². The standard InChI is InChI=1S/C29H37N3O3/c1-6-26(22-11-8-7-9-12-22)29(34)32(20-25-13-10-16-35-25)19-23-18-24(14-15-27(23)31(4)5)30-28(33)17-21(2)3/h7-16,18,21,26H,6,17,19-20H2,1-5H3,(H,30,33)/t26-/m0/s1. The van der Waals surface area contributed by atoms with Crippen LogP contribution in [0.3, 0.4) is 0 Å². The molecule has 0 aliphatic carbocycles. The number of amides is 2. The molecule has 1 N–H and O–H groups in total. The predicted molar refractivity (Wildman–Crippen MR) is 141 cm³/mol. The normalized spacial score (nSPS) is 11.8. The number of rotatable bonds is 11. The first-order chi connectivity index (χ1) is 16.8. The Morgan fingerprint density at radius 2 is 1.71 bits per heavy atom. The molecule has 0 bridgehead atoms. The van der Waals surface area contributed by atoms with Crippen LogP contribution in [0.2, 0.25) is 0 Å². The maximum atomic E-state index is 13.9. The van der Waals surface area contributed by atoms with Crippen LogP contribution in [-0.2, 0) is 22.7 Å². The summed E-state index contributed by atoms with van der Waals surface area (Å²) in [5.41, 5.74) is 3.70. The lowest BCUT2D eigenvalue weighted by molar-refractivity contribution is -0.134. The first-order valence-corrected chi connectivity index (χ1v) is 12.2. The molecule has 0 fully saturated rings. The third-order valence-electron chi connectivity index (χ3n) is 5.95. The van der Waals surface area contributed by atoms with Crippen molar-refractivity contribution in [3.63, 3.8) is 0 Å². The first-order valence-electron chi connectivity index (χ1n) is 12.2. The molecule has 6 heteroatoms. The highest BCUT2D eigenvalue weighted by molar-refractivity contribution is 5.91. The highest BCUT2D eigenvalue weighted by Gasteiger charge is 2.26. The summed E-state index contributed by atoms with van der Waals surface area (Å²) in [4.78, 5) is 30.1. The van der Waals surface area contributed by atoms with Crippen LogP contribution >= 0.6 is 0 Å². The van der Waals surface area contributed by atoms with Gasteiger partial charge in [0.15, 0.2) is 0 Å². The smallest absolute Gasteiger partial charge is 0.230 e. The summed E-state index contributed by atoms with van der Waals surface area (Å²) < 4.78 is 5.60. The summed E-state index contributed by atoms with van der Waals surface area (Å²) in [6.07, 6.45) is 2.79. The second-order valence-electron chi connectivity index (χ2n) is 9.53. The summed E-state index contributed by atoms with van der Waals surface area (Å²) >= 11 is 0. The number of nitrogens with one attached hydrogen (secondary N) is 1. The fourth-order valence-corrected chi connectivity index (χ4v) is 4.28. The van der Waals surface area contributed by atoms with Crippen LogP contribution < -0.4 is 10.2 Å². The molecule has 1 aromatic heterocycles. The van der Waals surface area contributed by atoms with Crippen LogP contribution in [-0.4, -0.2) is 30.8 Å². The van der Waals surface area contributed by atoms with Crippen molar-refractivity contribution < 1.29 is 14.0 Å². The molecular weight excluding hydrogens is 438 g/mol. The maximum Gasteiger partial charge on any atom is 0.230 e. The molecule has 0 saturated carbocycles. The van der Waals surface area contributed by atoms with Crippen LogP contribution in [0.1, 0.15) is 56.4 Å². The Labute approximate surface area is 208 Å². The Morgan fingerprint density at radius 1 is 0.971 bits per heavy atom. The minimum absolute atomic E-state index is 0.0119. The van der Waals surface area contributed by atoms with E-state index in [0.29, 0.717) is 25.9 Å². The van der Waals surface area contributed by atoms with Crippen molar-refractivity contribution >= 4 is 23.2 Å². The van der Waals surface area contributed by atoms with E-state index in [1.165, 1.54) is 0 Å². The number of furan rings is 1. The van der Waals surface area contributed by atoms with Gasteiger partial charge in [0.2, 0.25) is 11.8 Å². The van der Waals surface area contributed by atoms with Crippen molar-refractivity contribution in [2.24, 2.45) is 5.92 Å². The third kappa shape index (κ3) is 7.22. The quantitative estimate of drug-likeness (QED) is 0.366. The largest absolute Gasteiger partial charge is 0.467 e. The van der Waals surface area contributed by atoms with Crippen molar-refractivity contribution in [3.05, 3.63) is 83.8 Å². The summed E-state index contributed by atoms with van der Waals surface area (Å²) in [5.74, 6) is 0.800. The van der Waals surface area contributed by atoms with E-state index in [-0.39, 0.29) is 23.7 Å². The van der Waals surface area contributed by atoms with Crippen molar-refractivity contribution in [1.29, 1.82) is 0 Å². The molecule has 186 valence electrons. The average molecular weight is 476 g/mol. The number of benzene rings is 2. The fourth-order valence-electron chi connectivity index (χ4n) is 4.28. The molecule has 3 aromatic rings. The Kier molecular flexibility index (Phi) is 9.12. The van der Waals surface area contributed by atoms with Gasteiger partial charge in [0, 0.05) is 38.4 Å². The zero-order chi connectivity index (χ0) is 25.4. The van der Waals surface area contributed by atoms with Crippen LogP contribution in [0.25, 0.3) is 0 Å². The highest BCUT2D eigenvalue weighted by Crippen LogP contribution is 2.29. The van der Waals surface area contributed by atoms with E-state index in [4.69, 9.17) is 4.42 Å². The van der Waals surface area contributed by atoms with Crippen molar-refractivity contribution in [2.45, 2.75) is 52.6 Å². The van der Waals surface area contributed by atoms with Crippen molar-refractivity contribution in [3.8, 4) is 0 Å². The molecule has 0 aliphatic rings. The van der Waals surface area contributed by atoms with E-state index in [1.54, 1.807) is 6.26 Å². The molecule has 6 nitrogen and oxygen atoms in total. The van der Waals surface area contributed by atoms with Crippen LogP contribution in [0.15, 0.2) is 71.3 Å². The monoisotopic (exact) mass is 475 g/mol. The van der Waals surface area contributed by atoms with E-state index in [2.05, 4.69) is 5.32 Å². The number of hydrogen-bond donors (Lipinski definition) is 1. The Morgan fingerprint density at radius 3 is 2.31 bits per heavy atom. The molecule has 1 heterocycles. The Balaban J connectivity index is 1.94. The van der Waals surface area contributed by atoms with Gasteiger partial charge in [0.05, 0.1) is 18.7 Å². The molecule has 0 unspecified atom stereocenters. The summed E-state index contributed by atoms with van der Waals surface area (Å²) in [6.45, 7) is 6.84. The van der Waals surface area contributed by atoms with E-state index in [0.717, 1.165) is 28.3 Å². The topological polar surface area (TPSA) is 65.8 Å². The molecule has 0 saturated heterocycles. The van der Waals surface area contributed by atoms with Gasteiger partial charge >= 0.3 is 0 Å². The lowest BCUT2D eigenvalue weighted by atomic mass is 9.94. The second-order valence-corrected chi connectivity index (χ2v) is 9.53. The third-order valence-corrected chi connectivity index (χ3v) is 5.95. The number of carbonyl (C=O) groups excluding carboxylic acids is 2. The van der Waals surface area contributed by atoms with E-state index < -0.39 is 0 Å². The number of hydrogen-bond acceptors (Lipinski definition) is 4. The summed E-state index contributed by atoms with van der Waals surface area (Å²) in [6, 6.07) is 19.5. The number of carbonyl (C=O) groups is 2. The van der Waals surface area contributed by atoms with Gasteiger partial charge in [0.1, 0.15) is 5.76 Å². The lowest BCUT2D eigenvalue weighted by Crippen LogP contribution is -2.34. The fraction of sp³-hybridized carbons (Fsp3) is 0.379. The number of anilines is 2. The van der Waals surface area contributed by atoms with Gasteiger partial charge in [-0.3, -0.25) is 9.59 Å². The SMILES string of the molecule is CC[C@H](C(=O)N(Cc1ccco1)Cc1cc(NC(=O)CC(C)C)ccc1N(C)C)c1ccccc1. The minimum atomic E-state index is -0.247. The lowest BCUT2D eigenvalue weighted by Gasteiger charge is -2.29. The van der Waals surface area contributed by atoms with Gasteiger partial charge in [-0.15, -0.1) is 0 Å². The molecule has 0 aliphatic heterocycles. The van der Waals surface area contributed by atoms with E-state index in [1.807, 2.05) is 105 Å². The van der Waals surface area contributed by atoms with E-state index >= 15 is 0 Å². The van der Waals surface area contributed by atoms with Gasteiger partial charge < -0.3 is 19.5 Å². The van der Waals surface area contributed by atoms with Gasteiger partial charge in [-0.25, -0.2) is 0 Å². The second kappa shape index (κ2) is 12.2. The van der Waals surface area contributed by atoms with E-state index in [9.17, 15) is 9.59 Å². The molecule has 0 spiro atoms. The molecule has 2 amide bonds. The summed E-state index contributed by atoms with van der Waals surface area (Å²) in [7, 11) is 3.96. The highest BCUT2D eigenvalue weighted by atomic mass is 16.3. The van der Waals surface area contributed by atoms with Gasteiger partial charge in [-0.05, 0) is 53.8 Å². The summed E-state index contributed by atoms with van der Waals surface area (Å²) in [5, 5.41) is 3.01. The molecule has 3 rings (SSSR count). The molecule has 0 radical (unpaired) electrons.